The lowest BCUT2D eigenvalue weighted by molar-refractivity contribution is -0.137. The Hall–Kier alpha value is -0.530. The van der Waals surface area contributed by atoms with Gasteiger partial charge in [0.25, 0.3) is 0 Å². The van der Waals surface area contributed by atoms with Crippen molar-refractivity contribution in [2.24, 2.45) is 23.2 Å². The van der Waals surface area contributed by atoms with E-state index in [2.05, 4.69) is 6.92 Å². The molecule has 4 atom stereocenters. The molecule has 3 saturated carbocycles. The lowest BCUT2D eigenvalue weighted by Gasteiger charge is -2.51. The highest BCUT2D eigenvalue weighted by molar-refractivity contribution is 5.72. The Morgan fingerprint density at radius 2 is 2.29 bits per heavy atom. The summed E-state index contributed by atoms with van der Waals surface area (Å²) >= 11 is 0. The smallest absolute Gasteiger partial charge is 0.306 e. The van der Waals surface area contributed by atoms with Crippen LogP contribution in [-0.4, -0.2) is 12.6 Å². The summed E-state index contributed by atoms with van der Waals surface area (Å²) in [5, 5.41) is 0. The van der Waals surface area contributed by atoms with Crippen LogP contribution in [0.25, 0.3) is 0 Å². The van der Waals surface area contributed by atoms with E-state index < -0.39 is 0 Å². The first-order valence-electron chi connectivity index (χ1n) is 5.85. The number of ether oxygens (including phenoxy) is 1. The molecule has 4 unspecified atom stereocenters. The second-order valence-corrected chi connectivity index (χ2v) is 5.65. The zero-order valence-corrected chi connectivity index (χ0v) is 8.79. The van der Waals surface area contributed by atoms with Crippen LogP contribution in [0.4, 0.5) is 0 Å². The van der Waals surface area contributed by atoms with Gasteiger partial charge in [-0.2, -0.15) is 0 Å². The van der Waals surface area contributed by atoms with Gasteiger partial charge in [0, 0.05) is 5.41 Å². The number of carbonyl (C=O) groups excluding carboxylic acids is 1. The molecule has 0 aromatic carbocycles. The highest BCUT2D eigenvalue weighted by atomic mass is 16.5. The molecule has 1 spiro atoms. The van der Waals surface area contributed by atoms with Crippen molar-refractivity contribution in [2.45, 2.75) is 39.0 Å². The van der Waals surface area contributed by atoms with Gasteiger partial charge in [-0.1, -0.05) is 6.92 Å². The number of fused-ring (bicyclic) bond motifs is 2. The van der Waals surface area contributed by atoms with E-state index in [0.29, 0.717) is 6.42 Å². The molecule has 0 aromatic heterocycles. The third kappa shape index (κ3) is 1.06. The monoisotopic (exact) mass is 194 g/mol. The van der Waals surface area contributed by atoms with Gasteiger partial charge in [-0.3, -0.25) is 4.79 Å². The Bertz CT molecular complexity index is 273. The lowest BCUT2D eigenvalue weighted by Crippen LogP contribution is -2.45. The maximum atomic E-state index is 11.3. The highest BCUT2D eigenvalue weighted by Gasteiger charge is 2.54. The zero-order chi connectivity index (χ0) is 9.76. The Labute approximate surface area is 85.0 Å². The molecule has 0 N–H and O–H groups in total. The molecule has 2 nitrogen and oxygen atoms in total. The van der Waals surface area contributed by atoms with Crippen molar-refractivity contribution in [3.05, 3.63) is 0 Å². The molecular formula is C12H18O2. The molecule has 78 valence electrons. The summed E-state index contributed by atoms with van der Waals surface area (Å²) in [7, 11) is 0. The zero-order valence-electron chi connectivity index (χ0n) is 8.79. The summed E-state index contributed by atoms with van der Waals surface area (Å²) < 4.78 is 5.20. The molecule has 0 amide bonds. The molecule has 14 heavy (non-hydrogen) atoms. The quantitative estimate of drug-likeness (QED) is 0.553. The van der Waals surface area contributed by atoms with Gasteiger partial charge >= 0.3 is 5.97 Å². The van der Waals surface area contributed by atoms with Gasteiger partial charge in [-0.25, -0.2) is 0 Å². The van der Waals surface area contributed by atoms with Gasteiger partial charge in [-0.15, -0.1) is 0 Å². The molecule has 0 radical (unpaired) electrons. The molecule has 4 rings (SSSR count). The van der Waals surface area contributed by atoms with Crippen molar-refractivity contribution < 1.29 is 9.53 Å². The van der Waals surface area contributed by atoms with Crippen molar-refractivity contribution in [1.82, 2.24) is 0 Å². The van der Waals surface area contributed by atoms with Crippen LogP contribution in [0.2, 0.25) is 0 Å². The molecule has 2 bridgehead atoms. The van der Waals surface area contributed by atoms with Crippen LogP contribution in [0.1, 0.15) is 39.0 Å². The van der Waals surface area contributed by atoms with Crippen molar-refractivity contribution in [2.75, 3.05) is 6.61 Å². The average Bonchev–Trinajstić information content (AvgIpc) is 2.51. The van der Waals surface area contributed by atoms with Crippen LogP contribution < -0.4 is 0 Å². The van der Waals surface area contributed by atoms with Crippen LogP contribution in [0.5, 0.6) is 0 Å². The molecule has 2 heteroatoms. The predicted molar refractivity (Wildman–Crippen MR) is 52.6 cm³/mol. The fourth-order valence-electron chi connectivity index (χ4n) is 4.01. The third-order valence-electron chi connectivity index (χ3n) is 4.90. The van der Waals surface area contributed by atoms with Crippen LogP contribution in [0.15, 0.2) is 0 Å². The minimum Gasteiger partial charge on any atom is -0.465 e. The van der Waals surface area contributed by atoms with Crippen molar-refractivity contribution >= 4 is 5.97 Å². The largest absolute Gasteiger partial charge is 0.465 e. The maximum absolute atomic E-state index is 11.3. The van der Waals surface area contributed by atoms with E-state index in [0.717, 1.165) is 24.4 Å². The number of cyclic esters (lactones) is 1. The molecule has 1 aliphatic heterocycles. The van der Waals surface area contributed by atoms with E-state index in [1.807, 2.05) is 0 Å². The van der Waals surface area contributed by atoms with Gasteiger partial charge in [0.2, 0.25) is 0 Å². The van der Waals surface area contributed by atoms with Gasteiger partial charge in [-0.05, 0) is 43.4 Å². The second kappa shape index (κ2) is 2.74. The number of esters is 1. The van der Waals surface area contributed by atoms with Crippen LogP contribution in [0.3, 0.4) is 0 Å². The molecular weight excluding hydrogens is 176 g/mol. The second-order valence-electron chi connectivity index (χ2n) is 5.65. The molecule has 0 aromatic rings. The summed E-state index contributed by atoms with van der Waals surface area (Å²) in [6.07, 6.45) is 6.03. The average molecular weight is 194 g/mol. The predicted octanol–water partition coefficient (Wildman–Crippen LogP) is 2.38. The van der Waals surface area contributed by atoms with E-state index in [4.69, 9.17) is 4.74 Å². The topological polar surface area (TPSA) is 26.3 Å². The van der Waals surface area contributed by atoms with Gasteiger partial charge in [0.1, 0.15) is 0 Å². The molecule has 4 fully saturated rings. The Balaban J connectivity index is 1.86. The summed E-state index contributed by atoms with van der Waals surface area (Å²) in [6, 6.07) is 0. The Morgan fingerprint density at radius 3 is 2.79 bits per heavy atom. The molecule has 1 heterocycles. The minimum atomic E-state index is 0.0465. The normalized spacial score (nSPS) is 51.2. The third-order valence-corrected chi connectivity index (χ3v) is 4.90. The summed E-state index contributed by atoms with van der Waals surface area (Å²) in [6.45, 7) is 3.10. The van der Waals surface area contributed by atoms with Gasteiger partial charge in [0.05, 0.1) is 13.0 Å². The fraction of sp³-hybridized carbons (Fsp3) is 0.917. The summed E-state index contributed by atoms with van der Waals surface area (Å²) in [5.41, 5.74) is 0.270. The molecule has 1 saturated heterocycles. The fourth-order valence-corrected chi connectivity index (χ4v) is 4.01. The van der Waals surface area contributed by atoms with E-state index in [1.165, 1.54) is 25.7 Å². The minimum absolute atomic E-state index is 0.0465. The number of hydrogen-bond acceptors (Lipinski definition) is 2. The highest BCUT2D eigenvalue weighted by Crippen LogP contribution is 2.58. The van der Waals surface area contributed by atoms with E-state index in [1.54, 1.807) is 0 Å². The summed E-state index contributed by atoms with van der Waals surface area (Å²) in [4.78, 5) is 11.3. The van der Waals surface area contributed by atoms with E-state index in [9.17, 15) is 4.79 Å². The first-order valence-corrected chi connectivity index (χ1v) is 5.85. The van der Waals surface area contributed by atoms with Crippen LogP contribution >= 0.6 is 0 Å². The van der Waals surface area contributed by atoms with Gasteiger partial charge in [0.15, 0.2) is 0 Å². The number of rotatable bonds is 0. The SMILES string of the molecule is CC1CC2CCC1CC21COC(=O)C1. The first kappa shape index (κ1) is 8.75. The molecule has 4 aliphatic rings. The van der Waals surface area contributed by atoms with Crippen LogP contribution in [0, 0.1) is 23.2 Å². The first-order chi connectivity index (χ1) is 6.70. The van der Waals surface area contributed by atoms with E-state index >= 15 is 0 Å². The maximum Gasteiger partial charge on any atom is 0.306 e. The van der Waals surface area contributed by atoms with Crippen molar-refractivity contribution in [3.8, 4) is 0 Å². The van der Waals surface area contributed by atoms with Crippen molar-refractivity contribution in [1.29, 1.82) is 0 Å². The van der Waals surface area contributed by atoms with Crippen molar-refractivity contribution in [3.63, 3.8) is 0 Å². The van der Waals surface area contributed by atoms with Crippen LogP contribution in [-0.2, 0) is 9.53 Å². The summed E-state index contributed by atoms with van der Waals surface area (Å²) in [5.74, 6) is 2.57. The lowest BCUT2D eigenvalue weighted by atomic mass is 9.52. The standard InChI is InChI=1S/C12H18O2/c1-8-4-10-3-2-9(8)5-12(10)6-11(13)14-7-12/h8-10H,2-7H2,1H3. The number of carbonyl (C=O) groups is 1. The Morgan fingerprint density at radius 1 is 1.43 bits per heavy atom. The molecule has 3 aliphatic carbocycles. The van der Waals surface area contributed by atoms with Gasteiger partial charge < -0.3 is 4.74 Å². The van der Waals surface area contributed by atoms with E-state index in [-0.39, 0.29) is 11.4 Å². The number of hydrogen-bond donors (Lipinski definition) is 0. The Kier molecular flexibility index (Phi) is 1.71.